The summed E-state index contributed by atoms with van der Waals surface area (Å²) in [6.45, 7) is 2.51. The fourth-order valence-electron chi connectivity index (χ4n) is 2.04. The third kappa shape index (κ3) is 3.58. The Labute approximate surface area is 135 Å². The van der Waals surface area contributed by atoms with Gasteiger partial charge in [0.05, 0.1) is 18.2 Å². The minimum absolute atomic E-state index is 0.0438. The zero-order valence-electron chi connectivity index (χ0n) is 12.9. The van der Waals surface area contributed by atoms with Crippen LogP contribution < -0.4 is 0 Å². The SMILES string of the molecule is CCOC(=O)C(C=N[C@@H]1C[C@@H]1F)=C(O)c1c(F)cc(F)c(F)c1C. The molecular formula is C16H15F4NO3. The Balaban J connectivity index is 2.55. The lowest BCUT2D eigenvalue weighted by Crippen LogP contribution is -2.13. The van der Waals surface area contributed by atoms with E-state index < -0.39 is 58.1 Å². The molecule has 0 heterocycles. The number of ether oxygens (including phenoxy) is 1. The summed E-state index contributed by atoms with van der Waals surface area (Å²) in [6.07, 6.45) is -0.113. The standard InChI is InChI=1S/C16H15F4NO3/c1-3-24-16(23)8(6-21-12-5-9(12)17)15(22)13-7(2)14(20)11(19)4-10(13)18/h4,6,9,12,22H,3,5H2,1-2H3/t9-,12+/m0/s1. The van der Waals surface area contributed by atoms with Crippen molar-refractivity contribution >= 4 is 17.9 Å². The number of esters is 1. The molecular weight excluding hydrogens is 330 g/mol. The Morgan fingerprint density at radius 1 is 1.42 bits per heavy atom. The van der Waals surface area contributed by atoms with Gasteiger partial charge in [0, 0.05) is 24.3 Å². The molecule has 24 heavy (non-hydrogen) atoms. The Hall–Kier alpha value is -2.38. The lowest BCUT2D eigenvalue weighted by atomic mass is 10.0. The van der Waals surface area contributed by atoms with Crippen LogP contribution in [0.3, 0.4) is 0 Å². The number of aliphatic hydroxyl groups is 1. The van der Waals surface area contributed by atoms with E-state index in [1.165, 1.54) is 6.92 Å². The number of carbonyl (C=O) groups excluding carboxylic acids is 1. The third-order valence-corrected chi connectivity index (χ3v) is 3.47. The highest BCUT2D eigenvalue weighted by molar-refractivity contribution is 6.15. The number of carbonyl (C=O) groups is 1. The van der Waals surface area contributed by atoms with Crippen molar-refractivity contribution in [3.8, 4) is 0 Å². The van der Waals surface area contributed by atoms with E-state index >= 15 is 0 Å². The minimum atomic E-state index is -1.42. The minimum Gasteiger partial charge on any atom is -0.506 e. The zero-order chi connectivity index (χ0) is 18.0. The highest BCUT2D eigenvalue weighted by Crippen LogP contribution is 2.30. The van der Waals surface area contributed by atoms with Crippen molar-refractivity contribution in [2.45, 2.75) is 32.5 Å². The molecule has 0 aromatic heterocycles. The van der Waals surface area contributed by atoms with Gasteiger partial charge in [-0.25, -0.2) is 22.4 Å². The fourth-order valence-corrected chi connectivity index (χ4v) is 2.04. The predicted molar refractivity (Wildman–Crippen MR) is 79.0 cm³/mol. The number of halogens is 4. The van der Waals surface area contributed by atoms with Crippen molar-refractivity contribution in [3.05, 3.63) is 40.2 Å². The van der Waals surface area contributed by atoms with Gasteiger partial charge < -0.3 is 9.84 Å². The van der Waals surface area contributed by atoms with E-state index in [9.17, 15) is 27.5 Å². The molecule has 0 aliphatic heterocycles. The van der Waals surface area contributed by atoms with Crippen LogP contribution in [0.4, 0.5) is 17.6 Å². The van der Waals surface area contributed by atoms with E-state index in [0.717, 1.165) is 13.1 Å². The second-order valence-corrected chi connectivity index (χ2v) is 5.23. The lowest BCUT2D eigenvalue weighted by Gasteiger charge is -2.11. The van der Waals surface area contributed by atoms with Gasteiger partial charge in [0.2, 0.25) is 0 Å². The number of aliphatic imine (C=N–C) groups is 1. The first-order valence-corrected chi connectivity index (χ1v) is 7.20. The number of benzene rings is 1. The third-order valence-electron chi connectivity index (χ3n) is 3.47. The van der Waals surface area contributed by atoms with Crippen LogP contribution in [0.2, 0.25) is 0 Å². The smallest absolute Gasteiger partial charge is 0.343 e. The van der Waals surface area contributed by atoms with Gasteiger partial charge in [-0.1, -0.05) is 0 Å². The van der Waals surface area contributed by atoms with Gasteiger partial charge in [-0.05, 0) is 13.8 Å². The van der Waals surface area contributed by atoms with Crippen molar-refractivity contribution in [2.75, 3.05) is 6.61 Å². The van der Waals surface area contributed by atoms with Crippen molar-refractivity contribution in [1.82, 2.24) is 0 Å². The van der Waals surface area contributed by atoms with Crippen molar-refractivity contribution in [2.24, 2.45) is 4.99 Å². The maximum absolute atomic E-state index is 14.0. The van der Waals surface area contributed by atoms with E-state index in [-0.39, 0.29) is 19.1 Å². The van der Waals surface area contributed by atoms with E-state index in [2.05, 4.69) is 4.99 Å². The average Bonchev–Trinajstić information content (AvgIpc) is 3.21. The first kappa shape index (κ1) is 18.0. The summed E-state index contributed by atoms with van der Waals surface area (Å²) in [5.41, 5.74) is -1.77. The van der Waals surface area contributed by atoms with Gasteiger partial charge in [0.25, 0.3) is 0 Å². The second-order valence-electron chi connectivity index (χ2n) is 5.23. The van der Waals surface area contributed by atoms with Gasteiger partial charge >= 0.3 is 5.97 Å². The van der Waals surface area contributed by atoms with Crippen molar-refractivity contribution in [3.63, 3.8) is 0 Å². The maximum Gasteiger partial charge on any atom is 0.343 e. The van der Waals surface area contributed by atoms with Crippen molar-refractivity contribution in [1.29, 1.82) is 0 Å². The molecule has 1 aromatic carbocycles. The van der Waals surface area contributed by atoms with Gasteiger partial charge in [-0.15, -0.1) is 0 Å². The summed E-state index contributed by atoms with van der Waals surface area (Å²) in [7, 11) is 0. The summed E-state index contributed by atoms with van der Waals surface area (Å²) >= 11 is 0. The molecule has 0 spiro atoms. The molecule has 130 valence electrons. The van der Waals surface area contributed by atoms with Crippen LogP contribution >= 0.6 is 0 Å². The number of alkyl halides is 1. The lowest BCUT2D eigenvalue weighted by molar-refractivity contribution is -0.137. The summed E-state index contributed by atoms with van der Waals surface area (Å²) < 4.78 is 58.4. The van der Waals surface area contributed by atoms with Gasteiger partial charge in [-0.3, -0.25) is 4.99 Å². The number of hydrogen-bond acceptors (Lipinski definition) is 4. The van der Waals surface area contributed by atoms with Crippen LogP contribution in [0.1, 0.15) is 24.5 Å². The fraction of sp³-hybridized carbons (Fsp3) is 0.375. The molecule has 1 aliphatic carbocycles. The summed E-state index contributed by atoms with van der Waals surface area (Å²) in [5, 5.41) is 10.2. The molecule has 2 rings (SSSR count). The highest BCUT2D eigenvalue weighted by atomic mass is 19.2. The van der Waals surface area contributed by atoms with Crippen LogP contribution in [0.5, 0.6) is 0 Å². The van der Waals surface area contributed by atoms with E-state index in [0.29, 0.717) is 0 Å². The second kappa shape index (κ2) is 7.02. The zero-order valence-corrected chi connectivity index (χ0v) is 12.9. The monoisotopic (exact) mass is 345 g/mol. The largest absolute Gasteiger partial charge is 0.506 e. The summed E-state index contributed by atoms with van der Waals surface area (Å²) in [6, 6.07) is -0.398. The maximum atomic E-state index is 14.0. The molecule has 0 unspecified atom stereocenters. The molecule has 1 aliphatic rings. The Morgan fingerprint density at radius 2 is 2.04 bits per heavy atom. The van der Waals surface area contributed by atoms with Gasteiger partial charge in [0.15, 0.2) is 11.6 Å². The molecule has 1 aromatic rings. The van der Waals surface area contributed by atoms with E-state index in [4.69, 9.17) is 4.74 Å². The van der Waals surface area contributed by atoms with Crippen LogP contribution in [0.15, 0.2) is 16.6 Å². The normalized spacial score (nSPS) is 20.9. The molecule has 1 saturated carbocycles. The number of aliphatic hydroxyl groups excluding tert-OH is 1. The molecule has 0 amide bonds. The van der Waals surface area contributed by atoms with Crippen LogP contribution in [-0.2, 0) is 9.53 Å². The number of hydrogen-bond donors (Lipinski definition) is 1. The number of nitrogens with zero attached hydrogens (tertiary/aromatic N) is 1. The first-order chi connectivity index (χ1) is 11.3. The molecule has 2 atom stereocenters. The van der Waals surface area contributed by atoms with Crippen LogP contribution in [0, 0.1) is 24.4 Å². The van der Waals surface area contributed by atoms with E-state index in [1.807, 2.05) is 0 Å². The Kier molecular flexibility index (Phi) is 5.26. The molecule has 4 nitrogen and oxygen atoms in total. The molecule has 1 N–H and O–H groups in total. The number of rotatable bonds is 5. The molecule has 0 saturated heterocycles. The van der Waals surface area contributed by atoms with Crippen molar-refractivity contribution < 1.29 is 32.2 Å². The summed E-state index contributed by atoms with van der Waals surface area (Å²) in [5.74, 6) is -6.04. The first-order valence-electron chi connectivity index (χ1n) is 7.20. The molecule has 1 fully saturated rings. The van der Waals surface area contributed by atoms with Gasteiger partial charge in [0.1, 0.15) is 23.3 Å². The topological polar surface area (TPSA) is 58.9 Å². The highest BCUT2D eigenvalue weighted by Gasteiger charge is 2.37. The van der Waals surface area contributed by atoms with Gasteiger partial charge in [-0.2, -0.15) is 0 Å². The predicted octanol–water partition coefficient (Wildman–Crippen LogP) is 3.43. The van der Waals surface area contributed by atoms with Crippen LogP contribution in [0.25, 0.3) is 5.76 Å². The Bertz CT molecular complexity index is 731. The molecule has 0 bridgehead atoms. The quantitative estimate of drug-likeness (QED) is 0.222. The van der Waals surface area contributed by atoms with Crippen LogP contribution in [-0.4, -0.2) is 36.1 Å². The average molecular weight is 345 g/mol. The molecule has 8 heteroatoms. The van der Waals surface area contributed by atoms with E-state index in [1.54, 1.807) is 0 Å². The Morgan fingerprint density at radius 3 is 2.58 bits per heavy atom. The summed E-state index contributed by atoms with van der Waals surface area (Å²) in [4.78, 5) is 15.7. The molecule has 0 radical (unpaired) electrons.